The Bertz CT molecular complexity index is 284. The van der Waals surface area contributed by atoms with Crippen LogP contribution in [0, 0.1) is 5.41 Å². The normalized spacial score (nSPS) is 12.8. The predicted molar refractivity (Wildman–Crippen MR) is 58.8 cm³/mol. The minimum absolute atomic E-state index is 0.116. The number of hydrogen-bond acceptors (Lipinski definition) is 4. The van der Waals surface area contributed by atoms with Crippen molar-refractivity contribution >= 4 is 17.3 Å². The maximum Gasteiger partial charge on any atom is 0.187 e. The van der Waals surface area contributed by atoms with E-state index in [1.807, 2.05) is 23.4 Å². The molecule has 0 spiro atoms. The molecule has 0 aliphatic carbocycles. The third-order valence-corrected chi connectivity index (χ3v) is 2.52. The van der Waals surface area contributed by atoms with Crippen molar-refractivity contribution in [3.63, 3.8) is 0 Å². The monoisotopic (exact) mass is 213 g/mol. The highest BCUT2D eigenvalue weighted by Crippen LogP contribution is 2.08. The van der Waals surface area contributed by atoms with E-state index in [2.05, 4.69) is 10.7 Å². The van der Waals surface area contributed by atoms with Crippen molar-refractivity contribution in [3.05, 3.63) is 22.4 Å². The van der Waals surface area contributed by atoms with E-state index in [-0.39, 0.29) is 5.96 Å². The molecule has 6 heteroatoms. The predicted octanol–water partition coefficient (Wildman–Crippen LogP) is -0.0947. The second-order valence-corrected chi connectivity index (χ2v) is 3.83. The van der Waals surface area contributed by atoms with E-state index < -0.39 is 6.29 Å². The van der Waals surface area contributed by atoms with Gasteiger partial charge in [0.1, 0.15) is 6.29 Å². The van der Waals surface area contributed by atoms with E-state index in [9.17, 15) is 0 Å². The summed E-state index contributed by atoms with van der Waals surface area (Å²) in [6, 6.07) is 2.04. The summed E-state index contributed by atoms with van der Waals surface area (Å²) in [6.07, 6.45) is -0.424. The van der Waals surface area contributed by atoms with Crippen LogP contribution >= 0.6 is 11.3 Å². The molecule has 0 saturated carbocycles. The summed E-state index contributed by atoms with van der Waals surface area (Å²) in [7, 11) is 1.87. The van der Waals surface area contributed by atoms with Crippen LogP contribution in [0.4, 0.5) is 0 Å². The molecular formula is C8H15N5S. The Labute approximate surface area is 87.2 Å². The van der Waals surface area contributed by atoms with Gasteiger partial charge in [0, 0.05) is 6.54 Å². The highest BCUT2D eigenvalue weighted by atomic mass is 32.1. The summed E-state index contributed by atoms with van der Waals surface area (Å²) in [5.74, 6) is -0.116. The van der Waals surface area contributed by atoms with Crippen LogP contribution in [-0.2, 0) is 6.54 Å². The van der Waals surface area contributed by atoms with Crippen LogP contribution in [0.1, 0.15) is 5.56 Å². The first-order chi connectivity index (χ1) is 6.59. The third kappa shape index (κ3) is 3.33. The van der Waals surface area contributed by atoms with Crippen molar-refractivity contribution in [2.75, 3.05) is 7.05 Å². The fourth-order valence-electron chi connectivity index (χ4n) is 1.04. The topological polar surface area (TPSA) is 91.2 Å². The minimum atomic E-state index is -0.424. The maximum atomic E-state index is 7.03. The first-order valence-electron chi connectivity index (χ1n) is 4.17. The first kappa shape index (κ1) is 11.0. The maximum absolute atomic E-state index is 7.03. The van der Waals surface area contributed by atoms with Crippen molar-refractivity contribution < 1.29 is 0 Å². The largest absolute Gasteiger partial charge is 0.370 e. The van der Waals surface area contributed by atoms with Gasteiger partial charge in [-0.3, -0.25) is 16.0 Å². The molecule has 78 valence electrons. The number of hydrogen-bond donors (Lipinski definition) is 4. The van der Waals surface area contributed by atoms with Gasteiger partial charge >= 0.3 is 0 Å². The molecule has 0 saturated heterocycles. The zero-order valence-electron chi connectivity index (χ0n) is 8.03. The lowest BCUT2D eigenvalue weighted by atomic mass is 10.3. The highest BCUT2D eigenvalue weighted by Gasteiger charge is 2.09. The molecule has 1 atom stereocenters. The Morgan fingerprint density at radius 3 is 3.00 bits per heavy atom. The number of thiophene rings is 1. The van der Waals surface area contributed by atoms with Crippen molar-refractivity contribution in [1.29, 1.82) is 5.41 Å². The molecule has 0 aliphatic heterocycles. The lowest BCUT2D eigenvalue weighted by molar-refractivity contribution is 0.223. The van der Waals surface area contributed by atoms with E-state index in [4.69, 9.17) is 16.9 Å². The summed E-state index contributed by atoms with van der Waals surface area (Å²) in [5, 5.41) is 13.7. The average molecular weight is 213 g/mol. The molecule has 1 unspecified atom stereocenters. The Balaban J connectivity index is 2.41. The van der Waals surface area contributed by atoms with Gasteiger partial charge in [-0.05, 0) is 29.4 Å². The number of nitrogens with zero attached hydrogens (tertiary/aromatic N) is 1. The number of rotatable bonds is 4. The molecule has 1 aromatic heterocycles. The summed E-state index contributed by atoms with van der Waals surface area (Å²) < 4.78 is 0. The van der Waals surface area contributed by atoms with Crippen LogP contribution in [0.2, 0.25) is 0 Å². The lowest BCUT2D eigenvalue weighted by Gasteiger charge is -2.24. The number of nitrogens with two attached hydrogens (primary N) is 2. The standard InChI is InChI=1S/C8H15N5S/c1-13(8(11)12-7(9)10)4-6-2-3-14-5-6/h2-3,5,8H,4,11H2,1H3,(H4,9,10,12). The lowest BCUT2D eigenvalue weighted by Crippen LogP contribution is -2.53. The molecule has 1 aromatic rings. The van der Waals surface area contributed by atoms with Gasteiger partial charge in [-0.1, -0.05) is 0 Å². The fourth-order valence-corrected chi connectivity index (χ4v) is 1.70. The summed E-state index contributed by atoms with van der Waals surface area (Å²) in [6.45, 7) is 0.741. The molecular weight excluding hydrogens is 198 g/mol. The van der Waals surface area contributed by atoms with Crippen LogP contribution in [-0.4, -0.2) is 24.2 Å². The van der Waals surface area contributed by atoms with Gasteiger partial charge in [-0.25, -0.2) is 0 Å². The highest BCUT2D eigenvalue weighted by molar-refractivity contribution is 7.07. The molecule has 0 amide bonds. The molecule has 0 aromatic carbocycles. The molecule has 14 heavy (non-hydrogen) atoms. The van der Waals surface area contributed by atoms with Crippen LogP contribution in [0.25, 0.3) is 0 Å². The Kier molecular flexibility index (Phi) is 3.87. The Morgan fingerprint density at radius 2 is 2.50 bits per heavy atom. The van der Waals surface area contributed by atoms with Gasteiger partial charge in [-0.2, -0.15) is 11.3 Å². The zero-order chi connectivity index (χ0) is 10.6. The van der Waals surface area contributed by atoms with Crippen LogP contribution < -0.4 is 16.8 Å². The Morgan fingerprint density at radius 1 is 1.79 bits per heavy atom. The molecule has 0 bridgehead atoms. The minimum Gasteiger partial charge on any atom is -0.370 e. The van der Waals surface area contributed by atoms with Gasteiger partial charge in [0.25, 0.3) is 0 Å². The zero-order valence-corrected chi connectivity index (χ0v) is 8.84. The van der Waals surface area contributed by atoms with Gasteiger partial charge in [0.15, 0.2) is 5.96 Å². The SMILES string of the molecule is CN(Cc1ccsc1)C(N)NC(=N)N. The van der Waals surface area contributed by atoms with E-state index in [0.717, 1.165) is 6.54 Å². The first-order valence-corrected chi connectivity index (χ1v) is 5.11. The molecule has 0 aliphatic rings. The molecule has 5 nitrogen and oxygen atoms in total. The van der Waals surface area contributed by atoms with Crippen LogP contribution in [0.15, 0.2) is 16.8 Å². The van der Waals surface area contributed by atoms with Crippen molar-refractivity contribution in [3.8, 4) is 0 Å². The van der Waals surface area contributed by atoms with Gasteiger partial charge in [-0.15, -0.1) is 0 Å². The quantitative estimate of drug-likeness (QED) is 0.319. The summed E-state index contributed by atoms with van der Waals surface area (Å²) in [4.78, 5) is 1.88. The molecule has 1 heterocycles. The fraction of sp³-hybridized carbons (Fsp3) is 0.375. The van der Waals surface area contributed by atoms with Crippen molar-refractivity contribution in [2.24, 2.45) is 11.5 Å². The molecule has 6 N–H and O–H groups in total. The second kappa shape index (κ2) is 4.94. The second-order valence-electron chi connectivity index (χ2n) is 3.05. The van der Waals surface area contributed by atoms with E-state index in [0.29, 0.717) is 0 Å². The average Bonchev–Trinajstić information content (AvgIpc) is 2.55. The van der Waals surface area contributed by atoms with E-state index in [1.54, 1.807) is 11.3 Å². The number of guanidine groups is 1. The molecule has 1 rings (SSSR count). The molecule has 0 radical (unpaired) electrons. The third-order valence-electron chi connectivity index (χ3n) is 1.79. The molecule has 0 fully saturated rings. The summed E-state index contributed by atoms with van der Waals surface area (Å²) in [5.41, 5.74) is 12.1. The van der Waals surface area contributed by atoms with Gasteiger partial charge in [0.2, 0.25) is 0 Å². The van der Waals surface area contributed by atoms with Gasteiger partial charge in [0.05, 0.1) is 0 Å². The van der Waals surface area contributed by atoms with Crippen LogP contribution in [0.3, 0.4) is 0 Å². The van der Waals surface area contributed by atoms with Crippen molar-refractivity contribution in [2.45, 2.75) is 12.8 Å². The van der Waals surface area contributed by atoms with E-state index >= 15 is 0 Å². The van der Waals surface area contributed by atoms with Crippen molar-refractivity contribution in [1.82, 2.24) is 10.2 Å². The van der Waals surface area contributed by atoms with E-state index in [1.165, 1.54) is 5.56 Å². The van der Waals surface area contributed by atoms with Gasteiger partial charge < -0.3 is 11.1 Å². The number of nitrogens with one attached hydrogen (secondary N) is 2. The summed E-state index contributed by atoms with van der Waals surface area (Å²) >= 11 is 1.65. The Hall–Kier alpha value is -1.11. The van der Waals surface area contributed by atoms with Crippen LogP contribution in [0.5, 0.6) is 0 Å². The smallest absolute Gasteiger partial charge is 0.187 e.